The first-order chi connectivity index (χ1) is 13.2. The molecular formula is C19H13Cl2F3N2O3. The second-order valence-electron chi connectivity index (χ2n) is 6.29. The molecule has 4 rings (SSSR count). The van der Waals surface area contributed by atoms with Crippen LogP contribution < -0.4 is 4.74 Å². The SMILES string of the molecule is Cl.O=C(O)C1=Cc2cc(Cl)c(Cn3cnc4ccccc43)cc2OC1C(F)(F)F. The number of hydrogen-bond donors (Lipinski definition) is 1. The van der Waals surface area contributed by atoms with Gasteiger partial charge in [0.1, 0.15) is 5.75 Å². The van der Waals surface area contributed by atoms with Crippen molar-refractivity contribution in [2.75, 3.05) is 0 Å². The highest BCUT2D eigenvalue weighted by Gasteiger charge is 2.48. The monoisotopic (exact) mass is 444 g/mol. The average molecular weight is 445 g/mol. The van der Waals surface area contributed by atoms with E-state index < -0.39 is 23.8 Å². The number of ether oxygens (including phenoxy) is 1. The maximum absolute atomic E-state index is 13.2. The molecule has 1 aliphatic heterocycles. The predicted octanol–water partition coefficient (Wildman–Crippen LogP) is 4.95. The quantitative estimate of drug-likeness (QED) is 0.620. The minimum atomic E-state index is -4.86. The number of aliphatic carboxylic acids is 1. The Kier molecular flexibility index (Phi) is 5.51. The van der Waals surface area contributed by atoms with Gasteiger partial charge in [-0.1, -0.05) is 23.7 Å². The van der Waals surface area contributed by atoms with Crippen LogP contribution in [0.5, 0.6) is 5.75 Å². The fourth-order valence-corrected chi connectivity index (χ4v) is 3.35. The predicted molar refractivity (Wildman–Crippen MR) is 104 cm³/mol. The summed E-state index contributed by atoms with van der Waals surface area (Å²) in [4.78, 5) is 15.5. The van der Waals surface area contributed by atoms with Crippen LogP contribution >= 0.6 is 24.0 Å². The lowest BCUT2D eigenvalue weighted by atomic mass is 10.00. The smallest absolute Gasteiger partial charge is 0.430 e. The summed E-state index contributed by atoms with van der Waals surface area (Å²) in [5, 5.41) is 9.39. The van der Waals surface area contributed by atoms with E-state index in [4.69, 9.17) is 21.4 Å². The lowest BCUT2D eigenvalue weighted by Crippen LogP contribution is -2.40. The lowest BCUT2D eigenvalue weighted by molar-refractivity contribution is -0.187. The highest BCUT2D eigenvalue weighted by molar-refractivity contribution is 6.31. The summed E-state index contributed by atoms with van der Waals surface area (Å²) < 4.78 is 46.5. The number of halogens is 5. The van der Waals surface area contributed by atoms with E-state index in [-0.39, 0.29) is 35.3 Å². The van der Waals surface area contributed by atoms with Crippen LogP contribution in [-0.2, 0) is 11.3 Å². The van der Waals surface area contributed by atoms with Gasteiger partial charge in [-0.3, -0.25) is 0 Å². The van der Waals surface area contributed by atoms with Gasteiger partial charge in [0.05, 0.1) is 29.5 Å². The van der Waals surface area contributed by atoms with Gasteiger partial charge in [0.25, 0.3) is 0 Å². The molecule has 0 spiro atoms. The Labute approximate surface area is 173 Å². The van der Waals surface area contributed by atoms with Gasteiger partial charge in [-0.15, -0.1) is 12.4 Å². The topological polar surface area (TPSA) is 64.3 Å². The summed E-state index contributed by atoms with van der Waals surface area (Å²) in [6.07, 6.45) is -4.84. The first-order valence-corrected chi connectivity index (χ1v) is 8.52. The Morgan fingerprint density at radius 3 is 2.69 bits per heavy atom. The van der Waals surface area contributed by atoms with Crippen LogP contribution in [0.25, 0.3) is 17.1 Å². The molecule has 0 saturated heterocycles. The molecule has 1 aromatic heterocycles. The van der Waals surface area contributed by atoms with Crippen LogP contribution in [0.2, 0.25) is 5.02 Å². The second-order valence-corrected chi connectivity index (χ2v) is 6.69. The number of carboxylic acids is 1. The van der Waals surface area contributed by atoms with E-state index in [0.717, 1.165) is 17.1 Å². The molecule has 29 heavy (non-hydrogen) atoms. The van der Waals surface area contributed by atoms with Gasteiger partial charge in [0.15, 0.2) is 0 Å². The summed E-state index contributed by atoms with van der Waals surface area (Å²) in [6.45, 7) is 0.266. The van der Waals surface area contributed by atoms with Gasteiger partial charge in [0.2, 0.25) is 6.10 Å². The van der Waals surface area contributed by atoms with Gasteiger partial charge >= 0.3 is 12.1 Å². The number of para-hydroxylation sites is 2. The summed E-state index contributed by atoms with van der Waals surface area (Å²) in [5.41, 5.74) is 1.45. The van der Waals surface area contributed by atoms with E-state index in [9.17, 15) is 18.0 Å². The number of carboxylic acid groups (broad SMARTS) is 1. The maximum Gasteiger partial charge on any atom is 0.430 e. The Morgan fingerprint density at radius 2 is 2.00 bits per heavy atom. The standard InChI is InChI=1S/C19H12ClF3N2O3.ClH/c20-13-6-10-5-12(18(26)27)17(19(21,22)23)28-16(10)7-11(13)8-25-9-24-14-3-1-2-4-15(14)25;/h1-7,9,17H,8H2,(H,26,27);1H. The van der Waals surface area contributed by atoms with Crippen molar-refractivity contribution >= 4 is 47.1 Å². The van der Waals surface area contributed by atoms with Crippen molar-refractivity contribution in [1.29, 1.82) is 0 Å². The highest BCUT2D eigenvalue weighted by atomic mass is 35.5. The number of hydrogen-bond acceptors (Lipinski definition) is 3. The van der Waals surface area contributed by atoms with E-state index >= 15 is 0 Å². The van der Waals surface area contributed by atoms with Crippen molar-refractivity contribution in [3.63, 3.8) is 0 Å². The molecule has 10 heteroatoms. The Hall–Kier alpha value is -2.71. The Balaban J connectivity index is 0.00000240. The molecule has 5 nitrogen and oxygen atoms in total. The molecule has 0 fully saturated rings. The summed E-state index contributed by atoms with van der Waals surface area (Å²) in [5.74, 6) is -1.77. The van der Waals surface area contributed by atoms with Gasteiger partial charge in [0, 0.05) is 10.6 Å². The number of alkyl halides is 3. The Bertz CT molecular complexity index is 1130. The molecule has 1 atom stereocenters. The Morgan fingerprint density at radius 1 is 1.28 bits per heavy atom. The van der Waals surface area contributed by atoms with Crippen molar-refractivity contribution in [1.82, 2.24) is 9.55 Å². The maximum atomic E-state index is 13.2. The molecule has 0 bridgehead atoms. The minimum absolute atomic E-state index is 0. The second kappa shape index (κ2) is 7.61. The molecular weight excluding hydrogens is 432 g/mol. The minimum Gasteiger partial charge on any atom is -0.478 e. The van der Waals surface area contributed by atoms with E-state index in [1.54, 1.807) is 6.33 Å². The van der Waals surface area contributed by atoms with Crippen molar-refractivity contribution < 1.29 is 27.8 Å². The van der Waals surface area contributed by atoms with E-state index in [1.807, 2.05) is 28.8 Å². The normalized spacial score (nSPS) is 15.9. The van der Waals surface area contributed by atoms with Crippen LogP contribution in [0.15, 0.2) is 48.3 Å². The number of fused-ring (bicyclic) bond motifs is 2. The largest absolute Gasteiger partial charge is 0.478 e. The zero-order valence-electron chi connectivity index (χ0n) is 14.5. The van der Waals surface area contributed by atoms with Crippen LogP contribution in [0, 0.1) is 0 Å². The van der Waals surface area contributed by atoms with Crippen molar-refractivity contribution in [2.24, 2.45) is 0 Å². The summed E-state index contributed by atoms with van der Waals surface area (Å²) in [7, 11) is 0. The van der Waals surface area contributed by atoms with Crippen LogP contribution in [-0.4, -0.2) is 32.9 Å². The third kappa shape index (κ3) is 3.90. The number of imidazole rings is 1. The molecule has 0 aliphatic carbocycles. The molecule has 1 aliphatic rings. The van der Waals surface area contributed by atoms with Gasteiger partial charge in [-0.05, 0) is 35.9 Å². The first kappa shape index (κ1) is 21.0. The highest BCUT2D eigenvalue weighted by Crippen LogP contribution is 2.39. The molecule has 2 aromatic carbocycles. The number of rotatable bonds is 3. The molecule has 152 valence electrons. The molecule has 3 aromatic rings. The fraction of sp³-hybridized carbons (Fsp3) is 0.158. The van der Waals surface area contributed by atoms with Crippen LogP contribution in [0.4, 0.5) is 13.2 Å². The summed E-state index contributed by atoms with van der Waals surface area (Å²) in [6, 6.07) is 10.2. The average Bonchev–Trinajstić information content (AvgIpc) is 3.03. The molecule has 0 amide bonds. The molecule has 0 saturated carbocycles. The number of nitrogens with zero attached hydrogens (tertiary/aromatic N) is 2. The van der Waals surface area contributed by atoms with E-state index in [1.165, 1.54) is 12.1 Å². The zero-order chi connectivity index (χ0) is 20.1. The number of aromatic nitrogens is 2. The molecule has 1 unspecified atom stereocenters. The van der Waals surface area contributed by atoms with Gasteiger partial charge in [-0.2, -0.15) is 13.2 Å². The fourth-order valence-electron chi connectivity index (χ4n) is 3.12. The number of carbonyl (C=O) groups is 1. The molecule has 0 radical (unpaired) electrons. The van der Waals surface area contributed by atoms with Gasteiger partial charge in [-0.25, -0.2) is 9.78 Å². The van der Waals surface area contributed by atoms with Crippen molar-refractivity contribution in [2.45, 2.75) is 18.8 Å². The van der Waals surface area contributed by atoms with Gasteiger partial charge < -0.3 is 14.4 Å². The van der Waals surface area contributed by atoms with Crippen LogP contribution in [0.1, 0.15) is 11.1 Å². The van der Waals surface area contributed by atoms with E-state index in [0.29, 0.717) is 5.56 Å². The first-order valence-electron chi connectivity index (χ1n) is 8.14. The third-order valence-corrected chi connectivity index (χ3v) is 4.78. The summed E-state index contributed by atoms with van der Waals surface area (Å²) >= 11 is 6.29. The molecule has 1 N–H and O–H groups in total. The lowest BCUT2D eigenvalue weighted by Gasteiger charge is -2.27. The number of benzene rings is 2. The molecule has 2 heterocycles. The van der Waals surface area contributed by atoms with Crippen molar-refractivity contribution in [3.05, 3.63) is 64.4 Å². The van der Waals surface area contributed by atoms with Crippen LogP contribution in [0.3, 0.4) is 0 Å². The van der Waals surface area contributed by atoms with E-state index in [2.05, 4.69) is 4.98 Å². The van der Waals surface area contributed by atoms with Crippen molar-refractivity contribution in [3.8, 4) is 5.75 Å². The third-order valence-electron chi connectivity index (χ3n) is 4.43. The zero-order valence-corrected chi connectivity index (χ0v) is 16.1.